The second-order valence-electron chi connectivity index (χ2n) is 7.89. The first-order chi connectivity index (χ1) is 15.7. The molecule has 1 aliphatic heterocycles. The van der Waals surface area contributed by atoms with Crippen LogP contribution in [0.3, 0.4) is 0 Å². The molecule has 176 valence electrons. The Balaban J connectivity index is 1.58. The second kappa shape index (κ2) is 11.0. The van der Waals surface area contributed by atoms with Gasteiger partial charge in [-0.15, -0.1) is 0 Å². The fraction of sp³-hybridized carbons (Fsp3) is 0.348. The third-order valence-electron chi connectivity index (χ3n) is 5.27. The van der Waals surface area contributed by atoms with E-state index in [1.54, 1.807) is 18.2 Å². The van der Waals surface area contributed by atoms with Crippen molar-refractivity contribution in [3.63, 3.8) is 0 Å². The summed E-state index contributed by atoms with van der Waals surface area (Å²) in [6, 6.07) is 10.2. The molecule has 2 aromatic rings. The summed E-state index contributed by atoms with van der Waals surface area (Å²) in [5.74, 6) is 0.259. The minimum Gasteiger partial charge on any atom is -0.495 e. The normalized spacial score (nSPS) is 13.6. The van der Waals surface area contributed by atoms with Gasteiger partial charge in [-0.2, -0.15) is 0 Å². The fourth-order valence-corrected chi connectivity index (χ4v) is 4.29. The van der Waals surface area contributed by atoms with Crippen LogP contribution in [-0.2, 0) is 4.79 Å². The molecule has 2 amide bonds. The number of halogens is 2. The number of nitrogens with zero attached hydrogens (tertiary/aromatic N) is 2. The quantitative estimate of drug-likeness (QED) is 0.581. The number of anilines is 2. The molecule has 0 aromatic heterocycles. The number of nitrogens with one attached hydrogen (secondary N) is 2. The summed E-state index contributed by atoms with van der Waals surface area (Å²) in [5.41, 5.74) is 1.89. The van der Waals surface area contributed by atoms with E-state index in [0.717, 1.165) is 5.69 Å². The number of methoxy groups -OCH3 is 1. The maximum absolute atomic E-state index is 12.4. The van der Waals surface area contributed by atoms with E-state index in [2.05, 4.69) is 15.5 Å². The van der Waals surface area contributed by atoms with E-state index in [-0.39, 0.29) is 16.9 Å². The number of carbonyl (C=O) groups excluding carboxylic acids is 2. The third-order valence-corrected chi connectivity index (χ3v) is 6.07. The maximum Gasteiger partial charge on any atom is 0.257 e. The highest BCUT2D eigenvalue weighted by atomic mass is 35.5. The van der Waals surface area contributed by atoms with Crippen LogP contribution >= 0.6 is 35.4 Å². The Morgan fingerprint density at radius 1 is 1.03 bits per heavy atom. The largest absolute Gasteiger partial charge is 0.495 e. The van der Waals surface area contributed by atoms with E-state index in [0.29, 0.717) is 53.2 Å². The highest BCUT2D eigenvalue weighted by Gasteiger charge is 2.24. The van der Waals surface area contributed by atoms with Crippen LogP contribution < -0.4 is 20.3 Å². The topological polar surface area (TPSA) is 73.9 Å². The molecule has 0 saturated carbocycles. The molecule has 0 radical (unpaired) electrons. The number of benzene rings is 2. The van der Waals surface area contributed by atoms with Crippen molar-refractivity contribution in [1.29, 1.82) is 0 Å². The summed E-state index contributed by atoms with van der Waals surface area (Å²) in [6.07, 6.45) is 0. The monoisotopic (exact) mass is 508 g/mol. The van der Waals surface area contributed by atoms with E-state index in [4.69, 9.17) is 40.2 Å². The van der Waals surface area contributed by atoms with Crippen LogP contribution in [0.15, 0.2) is 36.4 Å². The van der Waals surface area contributed by atoms with Crippen molar-refractivity contribution in [2.75, 3.05) is 43.5 Å². The van der Waals surface area contributed by atoms with E-state index >= 15 is 0 Å². The Labute approximate surface area is 209 Å². The maximum atomic E-state index is 12.4. The highest BCUT2D eigenvalue weighted by Crippen LogP contribution is 2.30. The van der Waals surface area contributed by atoms with Gasteiger partial charge < -0.3 is 19.9 Å². The molecule has 1 fully saturated rings. The Kier molecular flexibility index (Phi) is 8.40. The molecule has 0 atom stereocenters. The SMILES string of the molecule is COc1ccc(C(=O)NC(=S)Nc2ccc(N3CCN(C(=O)C(C)C)CC3)c(Cl)c2)cc1Cl. The number of rotatable bonds is 5. The first-order valence-corrected chi connectivity index (χ1v) is 11.6. The molecule has 0 unspecified atom stereocenters. The van der Waals surface area contributed by atoms with E-state index in [9.17, 15) is 9.59 Å². The Hall–Kier alpha value is -2.55. The summed E-state index contributed by atoms with van der Waals surface area (Å²) in [7, 11) is 1.50. The summed E-state index contributed by atoms with van der Waals surface area (Å²) < 4.78 is 5.09. The van der Waals surface area contributed by atoms with E-state index in [1.807, 2.05) is 30.9 Å². The van der Waals surface area contributed by atoms with Crippen LogP contribution in [-0.4, -0.2) is 55.1 Å². The lowest BCUT2D eigenvalue weighted by Crippen LogP contribution is -2.50. The zero-order valence-corrected chi connectivity index (χ0v) is 21.0. The molecule has 0 aliphatic carbocycles. The number of piperazine rings is 1. The molecule has 2 aromatic carbocycles. The predicted molar refractivity (Wildman–Crippen MR) is 137 cm³/mol. The lowest BCUT2D eigenvalue weighted by molar-refractivity contribution is -0.134. The molecule has 0 bridgehead atoms. The van der Waals surface area contributed by atoms with Crippen LogP contribution in [0.25, 0.3) is 0 Å². The number of hydrogen-bond donors (Lipinski definition) is 2. The zero-order chi connectivity index (χ0) is 24.1. The van der Waals surface area contributed by atoms with Gasteiger partial charge in [0.2, 0.25) is 5.91 Å². The van der Waals surface area contributed by atoms with Crippen molar-refractivity contribution < 1.29 is 14.3 Å². The van der Waals surface area contributed by atoms with Gasteiger partial charge in [0.15, 0.2) is 5.11 Å². The fourth-order valence-electron chi connectivity index (χ4n) is 3.52. The van der Waals surface area contributed by atoms with Gasteiger partial charge in [-0.25, -0.2) is 0 Å². The van der Waals surface area contributed by atoms with Gasteiger partial charge in [-0.3, -0.25) is 14.9 Å². The summed E-state index contributed by atoms with van der Waals surface area (Å²) in [5, 5.41) is 6.62. The van der Waals surface area contributed by atoms with Gasteiger partial charge in [0.1, 0.15) is 5.75 Å². The molecule has 1 aliphatic rings. The van der Waals surface area contributed by atoms with Crippen molar-refractivity contribution in [2.24, 2.45) is 5.92 Å². The molecule has 1 saturated heterocycles. The molecule has 7 nitrogen and oxygen atoms in total. The molecule has 10 heteroatoms. The van der Waals surface area contributed by atoms with E-state index < -0.39 is 5.91 Å². The van der Waals surface area contributed by atoms with Crippen LogP contribution in [0.2, 0.25) is 10.0 Å². The van der Waals surface area contributed by atoms with Crippen molar-refractivity contribution in [3.8, 4) is 5.75 Å². The Bertz CT molecular complexity index is 1060. The smallest absolute Gasteiger partial charge is 0.257 e. The lowest BCUT2D eigenvalue weighted by Gasteiger charge is -2.37. The molecule has 2 N–H and O–H groups in total. The minimum absolute atomic E-state index is 0.00321. The average Bonchev–Trinajstić information content (AvgIpc) is 2.78. The third kappa shape index (κ3) is 6.28. The number of amides is 2. The first-order valence-electron chi connectivity index (χ1n) is 10.5. The lowest BCUT2D eigenvalue weighted by atomic mass is 10.1. The number of thiocarbonyl (C=S) groups is 1. The Morgan fingerprint density at radius 2 is 1.73 bits per heavy atom. The predicted octanol–water partition coefficient (Wildman–Crippen LogP) is 4.43. The number of ether oxygens (including phenoxy) is 1. The standard InChI is InChI=1S/C23H26Cl2N4O3S/c1-14(2)22(31)29-10-8-28(9-11-29)19-6-5-16(13-17(19)24)26-23(33)27-21(30)15-4-7-20(32-3)18(25)12-15/h4-7,12-14H,8-11H2,1-3H3,(H2,26,27,30,33). The molecular formula is C23H26Cl2N4O3S. The van der Waals surface area contributed by atoms with Crippen molar-refractivity contribution in [1.82, 2.24) is 10.2 Å². The van der Waals surface area contributed by atoms with Crippen LogP contribution in [0, 0.1) is 5.92 Å². The van der Waals surface area contributed by atoms with Gasteiger partial charge >= 0.3 is 0 Å². The van der Waals surface area contributed by atoms with Crippen LogP contribution in [0.5, 0.6) is 5.75 Å². The second-order valence-corrected chi connectivity index (χ2v) is 9.11. The highest BCUT2D eigenvalue weighted by molar-refractivity contribution is 7.80. The number of hydrogen-bond acceptors (Lipinski definition) is 5. The van der Waals surface area contributed by atoms with Crippen molar-refractivity contribution in [2.45, 2.75) is 13.8 Å². The van der Waals surface area contributed by atoms with Gasteiger partial charge in [-0.1, -0.05) is 37.0 Å². The summed E-state index contributed by atoms with van der Waals surface area (Å²) >= 11 is 17.9. The first kappa shape index (κ1) is 25.1. The van der Waals surface area contributed by atoms with Crippen LogP contribution in [0.4, 0.5) is 11.4 Å². The Morgan fingerprint density at radius 3 is 2.30 bits per heavy atom. The average molecular weight is 509 g/mol. The van der Waals surface area contributed by atoms with Gasteiger partial charge in [0.25, 0.3) is 5.91 Å². The zero-order valence-electron chi connectivity index (χ0n) is 18.7. The van der Waals surface area contributed by atoms with Gasteiger partial charge in [0.05, 0.1) is 22.8 Å². The molecule has 33 heavy (non-hydrogen) atoms. The van der Waals surface area contributed by atoms with Crippen molar-refractivity contribution >= 4 is 63.7 Å². The van der Waals surface area contributed by atoms with Gasteiger partial charge in [-0.05, 0) is 48.6 Å². The number of carbonyl (C=O) groups is 2. The minimum atomic E-state index is -0.395. The van der Waals surface area contributed by atoms with E-state index in [1.165, 1.54) is 13.2 Å². The van der Waals surface area contributed by atoms with Crippen LogP contribution in [0.1, 0.15) is 24.2 Å². The molecule has 3 rings (SSSR count). The molecular weight excluding hydrogens is 483 g/mol. The van der Waals surface area contributed by atoms with Crippen molar-refractivity contribution in [3.05, 3.63) is 52.0 Å². The molecule has 0 spiro atoms. The molecule has 1 heterocycles. The summed E-state index contributed by atoms with van der Waals surface area (Å²) in [6.45, 7) is 6.58. The summed E-state index contributed by atoms with van der Waals surface area (Å²) in [4.78, 5) is 28.7. The van der Waals surface area contributed by atoms with Gasteiger partial charge in [0, 0.05) is 43.3 Å².